The molecule has 5 rings (SSSR count). The van der Waals surface area contributed by atoms with Crippen molar-refractivity contribution in [1.82, 2.24) is 9.97 Å². The molecular weight excluding hydrogens is 448 g/mol. The lowest BCUT2D eigenvalue weighted by molar-refractivity contribution is 0.262. The van der Waals surface area contributed by atoms with Crippen LogP contribution >= 0.6 is 0 Å². The molecule has 36 heavy (non-hydrogen) atoms. The highest BCUT2D eigenvalue weighted by molar-refractivity contribution is 6.01. The van der Waals surface area contributed by atoms with Gasteiger partial charge in [0, 0.05) is 28.8 Å². The van der Waals surface area contributed by atoms with Gasteiger partial charge in [-0.05, 0) is 73.2 Å². The van der Waals surface area contributed by atoms with E-state index < -0.39 is 0 Å². The molecule has 5 aromatic rings. The Balaban J connectivity index is 1.21. The van der Waals surface area contributed by atoms with Crippen LogP contribution in [0, 0.1) is 13.8 Å². The van der Waals surface area contributed by atoms with E-state index in [4.69, 9.17) is 0 Å². The zero-order chi connectivity index (χ0) is 24.9. The fourth-order valence-corrected chi connectivity index (χ4v) is 3.83. The van der Waals surface area contributed by atoms with Crippen LogP contribution in [0.15, 0.2) is 97.1 Å². The summed E-state index contributed by atoms with van der Waals surface area (Å²) in [4.78, 5) is 21.4. The van der Waals surface area contributed by atoms with Crippen LogP contribution < -0.4 is 21.3 Å². The average Bonchev–Trinajstić information content (AvgIpc) is 2.86. The van der Waals surface area contributed by atoms with E-state index in [0.29, 0.717) is 23.1 Å². The van der Waals surface area contributed by atoms with Crippen LogP contribution in [0.3, 0.4) is 0 Å². The summed E-state index contributed by atoms with van der Waals surface area (Å²) in [6.07, 6.45) is 0. The number of fused-ring (bicyclic) bond motifs is 1. The number of aromatic nitrogens is 2. The summed E-state index contributed by atoms with van der Waals surface area (Å²) in [6, 6.07) is 31.0. The van der Waals surface area contributed by atoms with Crippen molar-refractivity contribution in [2.45, 2.75) is 13.8 Å². The van der Waals surface area contributed by atoms with Gasteiger partial charge in [0.05, 0.1) is 0 Å². The number of rotatable bonds is 6. The van der Waals surface area contributed by atoms with E-state index in [1.165, 1.54) is 5.56 Å². The minimum absolute atomic E-state index is 0.302. The third-order valence-corrected chi connectivity index (χ3v) is 5.58. The Morgan fingerprint density at radius 1 is 0.583 bits per heavy atom. The molecule has 0 aliphatic rings. The molecule has 4 N–H and O–H groups in total. The minimum atomic E-state index is -0.302. The Bertz CT molecular complexity index is 1510. The summed E-state index contributed by atoms with van der Waals surface area (Å²) in [5, 5.41) is 14.6. The maximum absolute atomic E-state index is 12.5. The van der Waals surface area contributed by atoms with Gasteiger partial charge in [-0.3, -0.25) is 0 Å². The van der Waals surface area contributed by atoms with E-state index in [0.717, 1.165) is 27.8 Å². The van der Waals surface area contributed by atoms with E-state index in [1.54, 1.807) is 0 Å². The van der Waals surface area contributed by atoms with Crippen LogP contribution in [0.5, 0.6) is 0 Å². The highest BCUT2D eigenvalue weighted by Gasteiger charge is 2.06. The predicted octanol–water partition coefficient (Wildman–Crippen LogP) is 7.38. The normalized spacial score (nSPS) is 10.6. The Kier molecular flexibility index (Phi) is 6.44. The third kappa shape index (κ3) is 5.77. The van der Waals surface area contributed by atoms with Crippen LogP contribution in [0.2, 0.25) is 0 Å². The molecule has 2 amide bonds. The van der Waals surface area contributed by atoms with Gasteiger partial charge in [0.25, 0.3) is 0 Å². The highest BCUT2D eigenvalue weighted by atomic mass is 16.2. The van der Waals surface area contributed by atoms with Gasteiger partial charge in [0.1, 0.15) is 17.5 Å². The Hall–Kier alpha value is -4.91. The van der Waals surface area contributed by atoms with E-state index in [9.17, 15) is 4.79 Å². The number of urea groups is 1. The molecule has 178 valence electrons. The number of hydrogen-bond donors (Lipinski definition) is 4. The zero-order valence-corrected chi connectivity index (χ0v) is 20.0. The molecule has 1 aromatic heterocycles. The molecule has 7 nitrogen and oxygen atoms in total. The number of nitrogens with zero attached hydrogens (tertiary/aromatic N) is 2. The molecule has 0 saturated carbocycles. The van der Waals surface area contributed by atoms with Crippen molar-refractivity contribution in [2.24, 2.45) is 0 Å². The first-order valence-corrected chi connectivity index (χ1v) is 11.6. The van der Waals surface area contributed by atoms with Crippen LogP contribution in [0.4, 0.5) is 39.2 Å². The van der Waals surface area contributed by atoms with Gasteiger partial charge in [0.2, 0.25) is 0 Å². The monoisotopic (exact) mass is 474 g/mol. The molecule has 0 fully saturated rings. The first kappa shape index (κ1) is 22.9. The topological polar surface area (TPSA) is 91.0 Å². The van der Waals surface area contributed by atoms with Crippen molar-refractivity contribution in [1.29, 1.82) is 0 Å². The molecule has 0 radical (unpaired) electrons. The van der Waals surface area contributed by atoms with Crippen LogP contribution in [-0.4, -0.2) is 16.0 Å². The molecule has 0 aliphatic heterocycles. The zero-order valence-electron chi connectivity index (χ0n) is 20.0. The Labute approximate surface area is 209 Å². The van der Waals surface area contributed by atoms with Crippen molar-refractivity contribution in [3.63, 3.8) is 0 Å². The molecule has 1 heterocycles. The number of aryl methyl sites for hydroxylation is 2. The van der Waals surface area contributed by atoms with E-state index in [-0.39, 0.29) is 6.03 Å². The lowest BCUT2D eigenvalue weighted by Gasteiger charge is -2.12. The van der Waals surface area contributed by atoms with Crippen LogP contribution in [0.25, 0.3) is 10.8 Å². The number of hydrogen-bond acceptors (Lipinski definition) is 5. The molecule has 0 aliphatic carbocycles. The van der Waals surface area contributed by atoms with Crippen molar-refractivity contribution in [3.05, 3.63) is 108 Å². The largest absolute Gasteiger partial charge is 0.340 e. The van der Waals surface area contributed by atoms with E-state index >= 15 is 0 Å². The number of anilines is 6. The lowest BCUT2D eigenvalue weighted by atomic mass is 10.1. The van der Waals surface area contributed by atoms with Crippen molar-refractivity contribution in [3.8, 4) is 0 Å². The van der Waals surface area contributed by atoms with E-state index in [2.05, 4.69) is 38.2 Å². The molecule has 0 atom stereocenters. The standard InChI is InChI=1S/C29H26N6O/c1-19-7-10-23(11-8-19)32-27-18-28(31-20(2)30-27)33-24-13-15-25(16-14-24)34-29(36)35-26-12-9-21-5-3-4-6-22(21)17-26/h3-18H,1-2H3,(H2,34,35,36)(H2,30,31,32,33). The Morgan fingerprint density at radius 2 is 1.11 bits per heavy atom. The number of carbonyl (C=O) groups excluding carboxylic acids is 1. The fourth-order valence-electron chi connectivity index (χ4n) is 3.83. The van der Waals surface area contributed by atoms with Gasteiger partial charge < -0.3 is 21.3 Å². The summed E-state index contributed by atoms with van der Waals surface area (Å²) in [7, 11) is 0. The fraction of sp³-hybridized carbons (Fsp3) is 0.0690. The molecule has 4 aromatic carbocycles. The van der Waals surface area contributed by atoms with Crippen molar-refractivity contribution < 1.29 is 4.79 Å². The quantitative estimate of drug-likeness (QED) is 0.206. The molecule has 0 unspecified atom stereocenters. The average molecular weight is 475 g/mol. The summed E-state index contributed by atoms with van der Waals surface area (Å²) >= 11 is 0. The van der Waals surface area contributed by atoms with Crippen molar-refractivity contribution >= 4 is 51.2 Å². The maximum Gasteiger partial charge on any atom is 0.323 e. The number of benzene rings is 4. The van der Waals surface area contributed by atoms with Crippen LogP contribution in [-0.2, 0) is 0 Å². The predicted molar refractivity (Wildman–Crippen MR) is 148 cm³/mol. The molecule has 0 spiro atoms. The Morgan fingerprint density at radius 3 is 1.78 bits per heavy atom. The second kappa shape index (κ2) is 10.1. The maximum atomic E-state index is 12.5. The number of carbonyl (C=O) groups is 1. The highest BCUT2D eigenvalue weighted by Crippen LogP contribution is 2.23. The minimum Gasteiger partial charge on any atom is -0.340 e. The number of nitrogens with one attached hydrogen (secondary N) is 4. The van der Waals surface area contributed by atoms with Gasteiger partial charge in [0.15, 0.2) is 0 Å². The first-order chi connectivity index (χ1) is 17.5. The summed E-state index contributed by atoms with van der Waals surface area (Å²) in [5.74, 6) is 2.03. The molecule has 7 heteroatoms. The third-order valence-electron chi connectivity index (χ3n) is 5.58. The lowest BCUT2D eigenvalue weighted by Crippen LogP contribution is -2.19. The molecular formula is C29H26N6O. The van der Waals surface area contributed by atoms with Crippen molar-refractivity contribution in [2.75, 3.05) is 21.3 Å². The summed E-state index contributed by atoms with van der Waals surface area (Å²) < 4.78 is 0. The smallest absolute Gasteiger partial charge is 0.323 e. The molecule has 0 bridgehead atoms. The summed E-state index contributed by atoms with van der Waals surface area (Å²) in [5.41, 5.74) is 4.42. The van der Waals surface area contributed by atoms with E-state index in [1.807, 2.05) is 104 Å². The van der Waals surface area contributed by atoms with Crippen LogP contribution in [0.1, 0.15) is 11.4 Å². The van der Waals surface area contributed by atoms with Gasteiger partial charge in [-0.1, -0.05) is 48.0 Å². The second-order valence-corrected chi connectivity index (χ2v) is 8.52. The van der Waals surface area contributed by atoms with Gasteiger partial charge in [-0.15, -0.1) is 0 Å². The molecule has 0 saturated heterocycles. The van der Waals surface area contributed by atoms with Gasteiger partial charge in [-0.25, -0.2) is 14.8 Å². The van der Waals surface area contributed by atoms with Gasteiger partial charge in [-0.2, -0.15) is 0 Å². The second-order valence-electron chi connectivity index (χ2n) is 8.52. The first-order valence-electron chi connectivity index (χ1n) is 11.6. The SMILES string of the molecule is Cc1ccc(Nc2cc(Nc3ccc(NC(=O)Nc4ccc5ccccc5c4)cc3)nc(C)n2)cc1. The number of amides is 2. The summed E-state index contributed by atoms with van der Waals surface area (Å²) in [6.45, 7) is 3.91. The van der Waals surface area contributed by atoms with Gasteiger partial charge >= 0.3 is 6.03 Å².